The van der Waals surface area contributed by atoms with Gasteiger partial charge in [0.05, 0.1) is 30.6 Å². The molecule has 6 nitrogen and oxygen atoms in total. The molecule has 0 bridgehead atoms. The molecule has 1 saturated carbocycles. The molecule has 2 heterocycles. The minimum absolute atomic E-state index is 0.0206. The number of rotatable bonds is 1. The van der Waals surface area contributed by atoms with Gasteiger partial charge >= 0.3 is 0 Å². The summed E-state index contributed by atoms with van der Waals surface area (Å²) in [6.45, 7) is 1.26. The number of hydrogen-bond donors (Lipinski definition) is 1. The van der Waals surface area contributed by atoms with Gasteiger partial charge in [-0.3, -0.25) is 9.48 Å². The summed E-state index contributed by atoms with van der Waals surface area (Å²) >= 11 is 0. The number of nitrogens with two attached hydrogens (primary N) is 1. The van der Waals surface area contributed by atoms with Crippen molar-refractivity contribution >= 4 is 11.6 Å². The molecule has 0 spiro atoms. The third-order valence-electron chi connectivity index (χ3n) is 3.91. The van der Waals surface area contributed by atoms with Crippen LogP contribution in [0.25, 0.3) is 0 Å². The molecule has 1 amide bonds. The van der Waals surface area contributed by atoms with Gasteiger partial charge in [-0.1, -0.05) is 0 Å². The van der Waals surface area contributed by atoms with Gasteiger partial charge in [-0.2, -0.15) is 5.10 Å². The van der Waals surface area contributed by atoms with Gasteiger partial charge in [-0.15, -0.1) is 0 Å². The standard InChI is InChI=1S/C12H18N4O2/c1-15-11(8(13)7-14-15)12(17)16-5-6-18-10-4-2-3-9(10)16/h7,9-10H,2-6,13H2,1H3. The average Bonchev–Trinajstić information content (AvgIpc) is 2.95. The number of ether oxygens (including phenoxy) is 1. The number of carbonyl (C=O) groups excluding carboxylic acids is 1. The van der Waals surface area contributed by atoms with Crippen LogP contribution in [0.1, 0.15) is 29.8 Å². The van der Waals surface area contributed by atoms with E-state index in [0.29, 0.717) is 24.5 Å². The van der Waals surface area contributed by atoms with Crippen LogP contribution in [0.4, 0.5) is 5.69 Å². The van der Waals surface area contributed by atoms with E-state index >= 15 is 0 Å². The molecule has 1 aromatic heterocycles. The number of amides is 1. The maximum atomic E-state index is 12.6. The summed E-state index contributed by atoms with van der Waals surface area (Å²) in [5, 5.41) is 4.03. The lowest BCUT2D eigenvalue weighted by atomic mass is 10.1. The highest BCUT2D eigenvalue weighted by atomic mass is 16.5. The minimum atomic E-state index is -0.0206. The van der Waals surface area contributed by atoms with E-state index < -0.39 is 0 Å². The van der Waals surface area contributed by atoms with Gasteiger partial charge < -0.3 is 15.4 Å². The predicted molar refractivity (Wildman–Crippen MR) is 66.0 cm³/mol. The Morgan fingerprint density at radius 1 is 1.56 bits per heavy atom. The molecule has 2 fully saturated rings. The van der Waals surface area contributed by atoms with Crippen molar-refractivity contribution in [2.45, 2.75) is 31.4 Å². The summed E-state index contributed by atoms with van der Waals surface area (Å²) in [5.41, 5.74) is 6.76. The molecule has 6 heteroatoms. The Labute approximate surface area is 106 Å². The molecule has 18 heavy (non-hydrogen) atoms. The van der Waals surface area contributed by atoms with Crippen LogP contribution in [0.2, 0.25) is 0 Å². The maximum absolute atomic E-state index is 12.6. The first-order valence-electron chi connectivity index (χ1n) is 6.38. The number of aromatic nitrogens is 2. The van der Waals surface area contributed by atoms with E-state index in [-0.39, 0.29) is 18.1 Å². The molecule has 3 rings (SSSR count). The number of nitrogen functional groups attached to an aromatic ring is 1. The van der Waals surface area contributed by atoms with Crippen molar-refractivity contribution in [1.82, 2.24) is 14.7 Å². The van der Waals surface area contributed by atoms with Gasteiger partial charge in [0, 0.05) is 13.6 Å². The third kappa shape index (κ3) is 1.68. The molecule has 1 saturated heterocycles. The summed E-state index contributed by atoms with van der Waals surface area (Å²) < 4.78 is 7.27. The van der Waals surface area contributed by atoms with Gasteiger partial charge in [0.2, 0.25) is 0 Å². The molecule has 2 atom stereocenters. The fourth-order valence-corrected chi connectivity index (χ4v) is 3.03. The van der Waals surface area contributed by atoms with Crippen molar-refractivity contribution < 1.29 is 9.53 Å². The quantitative estimate of drug-likeness (QED) is 0.782. The normalized spacial score (nSPS) is 27.3. The number of morpholine rings is 1. The first kappa shape index (κ1) is 11.5. The average molecular weight is 250 g/mol. The van der Waals surface area contributed by atoms with Crippen LogP contribution < -0.4 is 5.73 Å². The molecule has 1 aromatic rings. The van der Waals surface area contributed by atoms with Crippen molar-refractivity contribution in [2.24, 2.45) is 7.05 Å². The summed E-state index contributed by atoms with van der Waals surface area (Å²) in [6, 6.07) is 0.209. The van der Waals surface area contributed by atoms with Crippen LogP contribution in [0.3, 0.4) is 0 Å². The molecule has 98 valence electrons. The van der Waals surface area contributed by atoms with Gasteiger partial charge in [-0.25, -0.2) is 0 Å². The van der Waals surface area contributed by atoms with Gasteiger partial charge in [0.15, 0.2) is 0 Å². The first-order chi connectivity index (χ1) is 8.68. The number of fused-ring (bicyclic) bond motifs is 1. The van der Waals surface area contributed by atoms with E-state index in [1.54, 1.807) is 11.7 Å². The fourth-order valence-electron chi connectivity index (χ4n) is 3.03. The largest absolute Gasteiger partial charge is 0.396 e. The number of carbonyl (C=O) groups is 1. The Morgan fingerprint density at radius 3 is 3.11 bits per heavy atom. The van der Waals surface area contributed by atoms with Crippen molar-refractivity contribution in [3.8, 4) is 0 Å². The molecule has 2 aliphatic rings. The minimum Gasteiger partial charge on any atom is -0.396 e. The Bertz CT molecular complexity index is 451. The molecular formula is C12H18N4O2. The highest BCUT2D eigenvalue weighted by Gasteiger charge is 2.39. The Morgan fingerprint density at radius 2 is 2.39 bits per heavy atom. The van der Waals surface area contributed by atoms with E-state index in [1.807, 2.05) is 4.90 Å². The second-order valence-corrected chi connectivity index (χ2v) is 4.98. The predicted octanol–water partition coefficient (Wildman–Crippen LogP) is 0.396. The first-order valence-corrected chi connectivity index (χ1v) is 6.38. The fraction of sp³-hybridized carbons (Fsp3) is 0.667. The summed E-state index contributed by atoms with van der Waals surface area (Å²) in [7, 11) is 1.75. The Hall–Kier alpha value is -1.56. The number of nitrogens with zero attached hydrogens (tertiary/aromatic N) is 3. The molecule has 1 aliphatic carbocycles. The number of hydrogen-bond acceptors (Lipinski definition) is 4. The number of anilines is 1. The Balaban J connectivity index is 1.88. The monoisotopic (exact) mass is 250 g/mol. The SMILES string of the molecule is Cn1ncc(N)c1C(=O)N1CCOC2CCCC21. The van der Waals surface area contributed by atoms with Gasteiger partial charge in [-0.05, 0) is 19.3 Å². The van der Waals surface area contributed by atoms with E-state index in [1.165, 1.54) is 6.20 Å². The van der Waals surface area contributed by atoms with Crippen molar-refractivity contribution in [3.63, 3.8) is 0 Å². The lowest BCUT2D eigenvalue weighted by molar-refractivity contribution is -0.0448. The molecule has 0 radical (unpaired) electrons. The highest BCUT2D eigenvalue weighted by Crippen LogP contribution is 2.31. The second-order valence-electron chi connectivity index (χ2n) is 4.98. The van der Waals surface area contributed by atoms with Crippen molar-refractivity contribution in [3.05, 3.63) is 11.9 Å². The lowest BCUT2D eigenvalue weighted by Crippen LogP contribution is -2.51. The van der Waals surface area contributed by atoms with Crippen LogP contribution in [0.15, 0.2) is 6.20 Å². The van der Waals surface area contributed by atoms with E-state index in [4.69, 9.17) is 10.5 Å². The zero-order valence-electron chi connectivity index (χ0n) is 10.5. The Kier molecular flexibility index (Phi) is 2.74. The van der Waals surface area contributed by atoms with Crippen LogP contribution in [-0.2, 0) is 11.8 Å². The summed E-state index contributed by atoms with van der Waals surface area (Å²) in [6.07, 6.45) is 4.93. The molecular weight excluding hydrogens is 232 g/mol. The smallest absolute Gasteiger partial charge is 0.274 e. The zero-order valence-corrected chi connectivity index (χ0v) is 10.5. The second kappa shape index (κ2) is 4.28. The van der Waals surface area contributed by atoms with E-state index in [2.05, 4.69) is 5.10 Å². The van der Waals surface area contributed by atoms with Crippen LogP contribution >= 0.6 is 0 Å². The molecule has 2 unspecified atom stereocenters. The van der Waals surface area contributed by atoms with Crippen LogP contribution in [0.5, 0.6) is 0 Å². The van der Waals surface area contributed by atoms with Crippen LogP contribution in [0, 0.1) is 0 Å². The molecule has 1 aliphatic heterocycles. The maximum Gasteiger partial charge on any atom is 0.274 e. The van der Waals surface area contributed by atoms with Crippen molar-refractivity contribution in [1.29, 1.82) is 0 Å². The van der Waals surface area contributed by atoms with Gasteiger partial charge in [0.1, 0.15) is 5.69 Å². The van der Waals surface area contributed by atoms with E-state index in [0.717, 1.165) is 19.3 Å². The summed E-state index contributed by atoms with van der Waals surface area (Å²) in [5.74, 6) is -0.0206. The lowest BCUT2D eigenvalue weighted by Gasteiger charge is -2.37. The zero-order chi connectivity index (χ0) is 12.7. The van der Waals surface area contributed by atoms with Crippen LogP contribution in [-0.4, -0.2) is 45.9 Å². The third-order valence-corrected chi connectivity index (χ3v) is 3.91. The summed E-state index contributed by atoms with van der Waals surface area (Å²) in [4.78, 5) is 14.5. The van der Waals surface area contributed by atoms with Crippen molar-refractivity contribution in [2.75, 3.05) is 18.9 Å². The number of aryl methyl sites for hydroxylation is 1. The highest BCUT2D eigenvalue weighted by molar-refractivity contribution is 5.97. The van der Waals surface area contributed by atoms with E-state index in [9.17, 15) is 4.79 Å². The molecule has 0 aromatic carbocycles. The topological polar surface area (TPSA) is 73.4 Å². The molecule has 2 N–H and O–H groups in total. The van der Waals surface area contributed by atoms with Gasteiger partial charge in [0.25, 0.3) is 5.91 Å².